The maximum atomic E-state index is 11.8. The zero-order valence-corrected chi connectivity index (χ0v) is 11.2. The number of methoxy groups -OCH3 is 1. The fourth-order valence-corrected chi connectivity index (χ4v) is 2.55. The number of nitrogens with zero attached hydrogens (tertiary/aromatic N) is 1. The third-order valence-corrected chi connectivity index (χ3v) is 4.43. The first kappa shape index (κ1) is 13.5. The average Bonchev–Trinajstić information content (AvgIpc) is 2.22. The molecule has 1 aliphatic rings. The first-order valence-electron chi connectivity index (χ1n) is 5.75. The van der Waals surface area contributed by atoms with E-state index in [0.717, 1.165) is 6.42 Å². The normalized spacial score (nSPS) is 34.1. The molecule has 1 fully saturated rings. The molecule has 94 valence electrons. The summed E-state index contributed by atoms with van der Waals surface area (Å²) in [6.07, 6.45) is 0.867. The Labute approximate surface area is 98.1 Å². The van der Waals surface area contributed by atoms with E-state index in [1.54, 1.807) is 18.9 Å². The largest absolute Gasteiger partial charge is 0.378 e. The number of hydrogen-bond acceptors (Lipinski definition) is 3. The van der Waals surface area contributed by atoms with Gasteiger partial charge in [-0.2, -0.15) is 0 Å². The molecule has 2 unspecified atom stereocenters. The van der Waals surface area contributed by atoms with Crippen LogP contribution < -0.4 is 5.73 Å². The molecule has 0 aromatic rings. The maximum absolute atomic E-state index is 11.8. The van der Waals surface area contributed by atoms with Gasteiger partial charge >= 0.3 is 0 Å². The van der Waals surface area contributed by atoms with Crippen LogP contribution in [0.25, 0.3) is 0 Å². The van der Waals surface area contributed by atoms with Gasteiger partial charge in [-0.15, -0.1) is 0 Å². The van der Waals surface area contributed by atoms with Crippen molar-refractivity contribution in [3.8, 4) is 0 Å². The number of amides is 1. The summed E-state index contributed by atoms with van der Waals surface area (Å²) in [6, 6.07) is -0.230. The van der Waals surface area contributed by atoms with Gasteiger partial charge in [-0.1, -0.05) is 13.8 Å². The van der Waals surface area contributed by atoms with Crippen molar-refractivity contribution in [2.24, 2.45) is 11.1 Å². The molecule has 1 amide bonds. The van der Waals surface area contributed by atoms with Crippen LogP contribution in [0, 0.1) is 5.41 Å². The van der Waals surface area contributed by atoms with Gasteiger partial charge < -0.3 is 15.4 Å². The first-order chi connectivity index (χ1) is 7.17. The minimum Gasteiger partial charge on any atom is -0.378 e. The average molecular weight is 228 g/mol. The van der Waals surface area contributed by atoms with E-state index < -0.39 is 6.04 Å². The zero-order valence-electron chi connectivity index (χ0n) is 11.2. The van der Waals surface area contributed by atoms with Crippen LogP contribution in [0.15, 0.2) is 0 Å². The lowest BCUT2D eigenvalue weighted by Gasteiger charge is -2.61. The molecule has 0 aliphatic heterocycles. The van der Waals surface area contributed by atoms with Gasteiger partial charge in [0.25, 0.3) is 0 Å². The molecule has 3 atom stereocenters. The summed E-state index contributed by atoms with van der Waals surface area (Å²) in [7, 11) is 3.55. The van der Waals surface area contributed by atoms with Gasteiger partial charge in [0.2, 0.25) is 5.91 Å². The molecular formula is C12H24N2O2. The second-order valence-electron chi connectivity index (χ2n) is 5.61. The van der Waals surface area contributed by atoms with E-state index in [0.29, 0.717) is 0 Å². The molecule has 2 N–H and O–H groups in total. The molecule has 16 heavy (non-hydrogen) atoms. The first-order valence-corrected chi connectivity index (χ1v) is 5.75. The summed E-state index contributed by atoms with van der Waals surface area (Å²) in [4.78, 5) is 13.6. The van der Waals surface area contributed by atoms with Crippen molar-refractivity contribution in [1.82, 2.24) is 4.90 Å². The van der Waals surface area contributed by atoms with Crippen LogP contribution in [0.2, 0.25) is 0 Å². The minimum absolute atomic E-state index is 0.00349. The zero-order chi connectivity index (χ0) is 12.7. The van der Waals surface area contributed by atoms with Crippen LogP contribution in [-0.2, 0) is 9.53 Å². The number of nitrogens with two attached hydrogens (primary N) is 1. The highest BCUT2D eigenvalue weighted by Gasteiger charge is 2.59. The summed E-state index contributed by atoms with van der Waals surface area (Å²) in [5.41, 5.74) is 5.43. The van der Waals surface area contributed by atoms with E-state index in [-0.39, 0.29) is 23.0 Å². The summed E-state index contributed by atoms with van der Waals surface area (Å²) < 4.78 is 5.54. The Morgan fingerprint density at radius 1 is 1.50 bits per heavy atom. The summed E-state index contributed by atoms with van der Waals surface area (Å²) >= 11 is 0. The van der Waals surface area contributed by atoms with Crippen LogP contribution >= 0.6 is 0 Å². The predicted molar refractivity (Wildman–Crippen MR) is 64.0 cm³/mol. The van der Waals surface area contributed by atoms with E-state index in [9.17, 15) is 4.79 Å². The van der Waals surface area contributed by atoms with Crippen LogP contribution in [0.4, 0.5) is 0 Å². The number of ether oxygens (including phenoxy) is 1. The molecule has 0 heterocycles. The highest BCUT2D eigenvalue weighted by atomic mass is 16.5. The van der Waals surface area contributed by atoms with Crippen molar-refractivity contribution in [3.05, 3.63) is 0 Å². The monoisotopic (exact) mass is 228 g/mol. The van der Waals surface area contributed by atoms with Gasteiger partial charge in [-0.25, -0.2) is 0 Å². The highest BCUT2D eigenvalue weighted by Crippen LogP contribution is 2.53. The number of carbonyl (C=O) groups is 1. The molecular weight excluding hydrogens is 204 g/mol. The minimum atomic E-state index is -0.435. The lowest BCUT2D eigenvalue weighted by molar-refractivity contribution is -0.207. The third-order valence-electron chi connectivity index (χ3n) is 4.43. The molecule has 1 aliphatic carbocycles. The number of rotatable bonds is 3. The van der Waals surface area contributed by atoms with Gasteiger partial charge in [0.05, 0.1) is 11.6 Å². The van der Waals surface area contributed by atoms with Gasteiger partial charge in [-0.05, 0) is 20.3 Å². The molecule has 0 aromatic heterocycles. The number of likely N-dealkylation sites (N-methyl/N-ethyl adjacent to an activating group) is 1. The van der Waals surface area contributed by atoms with Gasteiger partial charge in [-0.3, -0.25) is 4.79 Å². The van der Waals surface area contributed by atoms with Crippen LogP contribution in [0.1, 0.15) is 34.1 Å². The lowest BCUT2D eigenvalue weighted by Crippen LogP contribution is -2.69. The van der Waals surface area contributed by atoms with Crippen molar-refractivity contribution in [1.29, 1.82) is 0 Å². The summed E-state index contributed by atoms with van der Waals surface area (Å²) in [5, 5.41) is 0. The number of carbonyl (C=O) groups excluding carboxylic acids is 1. The molecule has 1 rings (SSSR count). The third kappa shape index (κ3) is 1.74. The topological polar surface area (TPSA) is 55.6 Å². The standard InChI is InChI=1S/C12H24N2O2/c1-8(13)10(15)14(5)9-7-12(4,16-6)11(9,2)3/h8-9H,7,13H2,1-6H3/t8-,9?,12?/m1/s1. The molecule has 0 radical (unpaired) electrons. The van der Waals surface area contributed by atoms with E-state index >= 15 is 0 Å². The Morgan fingerprint density at radius 2 is 2.00 bits per heavy atom. The van der Waals surface area contributed by atoms with E-state index in [4.69, 9.17) is 10.5 Å². The van der Waals surface area contributed by atoms with Gasteiger partial charge in [0.1, 0.15) is 0 Å². The fraction of sp³-hybridized carbons (Fsp3) is 0.917. The predicted octanol–water partition coefficient (Wildman–Crippen LogP) is 0.996. The molecule has 0 spiro atoms. The Morgan fingerprint density at radius 3 is 2.31 bits per heavy atom. The Hall–Kier alpha value is -0.610. The van der Waals surface area contributed by atoms with Crippen molar-refractivity contribution in [2.75, 3.05) is 14.2 Å². The van der Waals surface area contributed by atoms with E-state index in [2.05, 4.69) is 20.8 Å². The van der Waals surface area contributed by atoms with Crippen LogP contribution in [0.5, 0.6) is 0 Å². The lowest BCUT2D eigenvalue weighted by atomic mass is 9.55. The molecule has 0 saturated heterocycles. The Bertz CT molecular complexity index is 289. The maximum Gasteiger partial charge on any atom is 0.239 e. The van der Waals surface area contributed by atoms with Crippen molar-refractivity contribution in [3.63, 3.8) is 0 Å². The second-order valence-corrected chi connectivity index (χ2v) is 5.61. The highest BCUT2D eigenvalue weighted by molar-refractivity contribution is 5.81. The fourth-order valence-electron chi connectivity index (χ4n) is 2.55. The summed E-state index contributed by atoms with van der Waals surface area (Å²) in [5.74, 6) is -0.00349. The van der Waals surface area contributed by atoms with Crippen molar-refractivity contribution in [2.45, 2.75) is 51.8 Å². The molecule has 4 heteroatoms. The van der Waals surface area contributed by atoms with Crippen molar-refractivity contribution < 1.29 is 9.53 Å². The number of hydrogen-bond donors (Lipinski definition) is 1. The van der Waals surface area contributed by atoms with E-state index in [1.165, 1.54) is 0 Å². The van der Waals surface area contributed by atoms with Crippen LogP contribution in [-0.4, -0.2) is 42.6 Å². The molecule has 1 saturated carbocycles. The smallest absolute Gasteiger partial charge is 0.239 e. The Kier molecular flexibility index (Phi) is 3.37. The Balaban J connectivity index is 2.77. The molecule has 0 bridgehead atoms. The van der Waals surface area contributed by atoms with Gasteiger partial charge in [0.15, 0.2) is 0 Å². The summed E-state index contributed by atoms with van der Waals surface area (Å²) in [6.45, 7) is 8.08. The van der Waals surface area contributed by atoms with Gasteiger partial charge in [0, 0.05) is 25.6 Å². The quantitative estimate of drug-likeness (QED) is 0.784. The molecule has 4 nitrogen and oxygen atoms in total. The second kappa shape index (κ2) is 4.00. The molecule has 0 aromatic carbocycles. The van der Waals surface area contributed by atoms with Crippen molar-refractivity contribution >= 4 is 5.91 Å². The van der Waals surface area contributed by atoms with Crippen LogP contribution in [0.3, 0.4) is 0 Å². The van der Waals surface area contributed by atoms with E-state index in [1.807, 2.05) is 7.05 Å². The SMILES string of the molecule is COC1(C)CC(N(C)C(=O)[C@@H](C)N)C1(C)C.